The molecule has 1 aromatic heterocycles. The lowest BCUT2D eigenvalue weighted by Crippen LogP contribution is -2.27. The number of nitrogens with zero attached hydrogens (tertiary/aromatic N) is 2. The summed E-state index contributed by atoms with van der Waals surface area (Å²) in [5.41, 5.74) is 1.84. The summed E-state index contributed by atoms with van der Waals surface area (Å²) in [6.07, 6.45) is 10.3. The molecule has 0 spiro atoms. The first-order chi connectivity index (χ1) is 8.79. The quantitative estimate of drug-likeness (QED) is 0.493. The van der Waals surface area contributed by atoms with Gasteiger partial charge in [0.2, 0.25) is 0 Å². The highest BCUT2D eigenvalue weighted by Crippen LogP contribution is 2.17. The third-order valence-electron chi connectivity index (χ3n) is 2.86. The van der Waals surface area contributed by atoms with Crippen LogP contribution in [-0.4, -0.2) is 22.4 Å². The van der Waals surface area contributed by atoms with Gasteiger partial charge in [0.15, 0.2) is 0 Å². The normalized spacial score (nSPS) is 15.6. The van der Waals surface area contributed by atoms with Crippen LogP contribution in [0.15, 0.2) is 51.9 Å². The molecule has 4 heteroatoms. The van der Waals surface area contributed by atoms with Gasteiger partial charge in [-0.15, -0.1) is 0 Å². The fourth-order valence-electron chi connectivity index (χ4n) is 1.97. The predicted octanol–water partition coefficient (Wildman–Crippen LogP) is 3.17. The summed E-state index contributed by atoms with van der Waals surface area (Å²) in [5, 5.41) is 12.1. The van der Waals surface area contributed by atoms with Crippen molar-refractivity contribution in [2.24, 2.45) is 5.16 Å². The first-order valence-corrected chi connectivity index (χ1v) is 6.11. The van der Waals surface area contributed by atoms with Gasteiger partial charge in [0.25, 0.3) is 0 Å². The molecule has 0 amide bonds. The zero-order valence-electron chi connectivity index (χ0n) is 10.5. The fraction of sp³-hybridized carbons (Fsp3) is 0.357. The van der Waals surface area contributed by atoms with Crippen LogP contribution in [-0.2, 0) is 6.54 Å². The lowest BCUT2D eigenvalue weighted by molar-refractivity contribution is 0.306. The van der Waals surface area contributed by atoms with Crippen LogP contribution in [0.4, 0.5) is 0 Å². The summed E-state index contributed by atoms with van der Waals surface area (Å²) in [7, 11) is 0. The van der Waals surface area contributed by atoms with E-state index in [9.17, 15) is 0 Å². The average Bonchev–Trinajstić information content (AvgIpc) is 2.92. The Bertz CT molecular complexity index is 458. The first kappa shape index (κ1) is 12.5. The van der Waals surface area contributed by atoms with Crippen molar-refractivity contribution in [3.63, 3.8) is 0 Å². The molecular weight excluding hydrogens is 228 g/mol. The van der Waals surface area contributed by atoms with Crippen LogP contribution in [0.1, 0.15) is 25.5 Å². The van der Waals surface area contributed by atoms with Gasteiger partial charge in [0, 0.05) is 5.70 Å². The molecular formula is C14H18N2O2. The molecule has 1 aliphatic carbocycles. The molecule has 0 bridgehead atoms. The van der Waals surface area contributed by atoms with Crippen LogP contribution in [0, 0.1) is 0 Å². The van der Waals surface area contributed by atoms with Crippen molar-refractivity contribution in [2.45, 2.75) is 26.3 Å². The number of hydrogen-bond acceptors (Lipinski definition) is 4. The van der Waals surface area contributed by atoms with Gasteiger partial charge < -0.3 is 14.5 Å². The van der Waals surface area contributed by atoms with E-state index in [1.54, 1.807) is 6.26 Å². The molecule has 18 heavy (non-hydrogen) atoms. The molecule has 0 radical (unpaired) electrons. The highest BCUT2D eigenvalue weighted by molar-refractivity contribution is 5.83. The SMILES string of the molecule is C/C(CN(Cc1ccco1)C1=CCCC=C1)=N\O. The minimum atomic E-state index is 0.591. The van der Waals surface area contributed by atoms with Gasteiger partial charge in [0.05, 0.1) is 25.1 Å². The van der Waals surface area contributed by atoms with E-state index in [2.05, 4.69) is 28.3 Å². The molecule has 1 heterocycles. The van der Waals surface area contributed by atoms with Crippen LogP contribution in [0.25, 0.3) is 0 Å². The predicted molar refractivity (Wildman–Crippen MR) is 70.5 cm³/mol. The molecule has 1 aromatic rings. The van der Waals surface area contributed by atoms with Gasteiger partial charge in [-0.05, 0) is 38.0 Å². The molecule has 4 nitrogen and oxygen atoms in total. The van der Waals surface area contributed by atoms with Crippen molar-refractivity contribution in [2.75, 3.05) is 6.54 Å². The molecule has 1 N–H and O–H groups in total. The number of allylic oxidation sites excluding steroid dienone is 3. The standard InChI is InChI=1S/C14H18N2O2/c1-12(15-17)10-16(11-14-8-5-9-18-14)13-6-3-2-4-7-13/h3,5-9,17H,2,4,10-11H2,1H3/b15-12+. The molecule has 96 valence electrons. The van der Waals surface area contributed by atoms with Crippen molar-refractivity contribution >= 4 is 5.71 Å². The molecule has 1 aliphatic rings. The second-order valence-corrected chi connectivity index (χ2v) is 4.38. The van der Waals surface area contributed by atoms with Crippen LogP contribution < -0.4 is 0 Å². The molecule has 0 atom stereocenters. The van der Waals surface area contributed by atoms with E-state index in [4.69, 9.17) is 9.62 Å². The Morgan fingerprint density at radius 1 is 1.50 bits per heavy atom. The van der Waals surface area contributed by atoms with Gasteiger partial charge >= 0.3 is 0 Å². The Labute approximate surface area is 107 Å². The van der Waals surface area contributed by atoms with Crippen molar-refractivity contribution in [1.82, 2.24) is 4.90 Å². The summed E-state index contributed by atoms with van der Waals surface area (Å²) < 4.78 is 5.37. The fourth-order valence-corrected chi connectivity index (χ4v) is 1.97. The Kier molecular flexibility index (Phi) is 4.23. The molecule has 0 unspecified atom stereocenters. The monoisotopic (exact) mass is 246 g/mol. The number of furan rings is 1. The summed E-state index contributed by atoms with van der Waals surface area (Å²) in [6.45, 7) is 3.08. The van der Waals surface area contributed by atoms with Crippen LogP contribution in [0.5, 0.6) is 0 Å². The van der Waals surface area contributed by atoms with Crippen molar-refractivity contribution in [3.8, 4) is 0 Å². The van der Waals surface area contributed by atoms with E-state index >= 15 is 0 Å². The van der Waals surface area contributed by atoms with Gasteiger partial charge in [-0.2, -0.15) is 0 Å². The topological polar surface area (TPSA) is 49.0 Å². The molecule has 0 saturated heterocycles. The molecule has 0 aliphatic heterocycles. The van der Waals surface area contributed by atoms with Gasteiger partial charge in [-0.3, -0.25) is 0 Å². The summed E-state index contributed by atoms with van der Waals surface area (Å²) in [6, 6.07) is 3.83. The number of hydrogen-bond donors (Lipinski definition) is 1. The average molecular weight is 246 g/mol. The lowest BCUT2D eigenvalue weighted by atomic mass is 10.1. The van der Waals surface area contributed by atoms with Crippen LogP contribution in [0.2, 0.25) is 0 Å². The lowest BCUT2D eigenvalue weighted by Gasteiger charge is -2.25. The molecule has 0 saturated carbocycles. The Morgan fingerprint density at radius 3 is 3.00 bits per heavy atom. The summed E-state index contributed by atoms with van der Waals surface area (Å²) in [4.78, 5) is 2.14. The van der Waals surface area contributed by atoms with Crippen molar-refractivity contribution < 1.29 is 9.62 Å². The highest BCUT2D eigenvalue weighted by Gasteiger charge is 2.12. The van der Waals surface area contributed by atoms with E-state index < -0.39 is 0 Å². The second-order valence-electron chi connectivity index (χ2n) is 4.38. The Balaban J connectivity index is 2.11. The Morgan fingerprint density at radius 2 is 2.39 bits per heavy atom. The van der Waals surface area contributed by atoms with Gasteiger partial charge in [-0.1, -0.05) is 17.3 Å². The third kappa shape index (κ3) is 3.26. The summed E-state index contributed by atoms with van der Waals surface area (Å²) in [5.74, 6) is 0.903. The van der Waals surface area contributed by atoms with E-state index in [-0.39, 0.29) is 0 Å². The van der Waals surface area contributed by atoms with Crippen LogP contribution >= 0.6 is 0 Å². The summed E-state index contributed by atoms with van der Waals surface area (Å²) >= 11 is 0. The Hall–Kier alpha value is -1.97. The van der Waals surface area contributed by atoms with Gasteiger partial charge in [-0.25, -0.2) is 0 Å². The van der Waals surface area contributed by atoms with E-state index in [1.807, 2.05) is 19.1 Å². The number of oxime groups is 1. The minimum Gasteiger partial charge on any atom is -0.467 e. The van der Waals surface area contributed by atoms with E-state index in [1.165, 1.54) is 0 Å². The number of rotatable bonds is 5. The van der Waals surface area contributed by atoms with Crippen molar-refractivity contribution in [3.05, 3.63) is 48.1 Å². The van der Waals surface area contributed by atoms with Gasteiger partial charge in [0.1, 0.15) is 5.76 Å². The molecule has 0 fully saturated rings. The largest absolute Gasteiger partial charge is 0.467 e. The van der Waals surface area contributed by atoms with Crippen LogP contribution in [0.3, 0.4) is 0 Å². The maximum absolute atomic E-state index is 8.81. The van der Waals surface area contributed by atoms with Crippen molar-refractivity contribution in [1.29, 1.82) is 0 Å². The minimum absolute atomic E-state index is 0.591. The molecule has 2 rings (SSSR count). The highest BCUT2D eigenvalue weighted by atomic mass is 16.4. The zero-order valence-corrected chi connectivity index (χ0v) is 10.5. The maximum Gasteiger partial charge on any atom is 0.123 e. The first-order valence-electron chi connectivity index (χ1n) is 6.11. The maximum atomic E-state index is 8.81. The smallest absolute Gasteiger partial charge is 0.123 e. The van der Waals surface area contributed by atoms with E-state index in [0.717, 1.165) is 24.3 Å². The van der Waals surface area contributed by atoms with E-state index in [0.29, 0.717) is 18.8 Å². The second kappa shape index (κ2) is 6.10. The molecule has 0 aromatic carbocycles. The third-order valence-corrected chi connectivity index (χ3v) is 2.86. The zero-order chi connectivity index (χ0) is 12.8.